The van der Waals surface area contributed by atoms with Crippen LogP contribution in [0.15, 0.2) is 24.3 Å². The predicted molar refractivity (Wildman–Crippen MR) is 149 cm³/mol. The first-order chi connectivity index (χ1) is 17.5. The molecule has 1 aromatic carbocycles. The normalized spacial score (nSPS) is 14.3. The number of phenols is 1. The van der Waals surface area contributed by atoms with Crippen molar-refractivity contribution in [2.24, 2.45) is 11.7 Å². The van der Waals surface area contributed by atoms with Crippen LogP contribution in [0.3, 0.4) is 0 Å². The second-order valence-electron chi connectivity index (χ2n) is 9.19. The van der Waals surface area contributed by atoms with Crippen LogP contribution in [-0.4, -0.2) is 82.1 Å². The van der Waals surface area contributed by atoms with Gasteiger partial charge in [0.2, 0.25) is 17.7 Å². The topological polar surface area (TPSA) is 171 Å². The van der Waals surface area contributed by atoms with Gasteiger partial charge in [-0.05, 0) is 66.9 Å². The molecule has 4 atom stereocenters. The Morgan fingerprint density at radius 3 is 1.84 bits per heavy atom. The molecule has 0 aliphatic heterocycles. The molecule has 0 fully saturated rings. The standard InChI is InChI=1S/C25H40N4O6S2/c1-15(2)13-18(26)22(31)27-19(9-11-36-3)23(32)29-21(14-16-5-7-17(30)8-6-16)24(33)28-20(25(34)35)10-12-37-4/h5-8,15,18-21,30H,9-14,26H2,1-4H3,(H,27,31)(H,28,33)(H,29,32)(H,34,35). The molecule has 0 radical (unpaired) electrons. The molecular weight excluding hydrogens is 516 g/mol. The van der Waals surface area contributed by atoms with Crippen LogP contribution in [0.1, 0.15) is 38.7 Å². The number of nitrogens with two attached hydrogens (primary N) is 1. The summed E-state index contributed by atoms with van der Waals surface area (Å²) >= 11 is 2.97. The highest BCUT2D eigenvalue weighted by Crippen LogP contribution is 2.13. The van der Waals surface area contributed by atoms with Gasteiger partial charge in [0.05, 0.1) is 6.04 Å². The lowest BCUT2D eigenvalue weighted by Gasteiger charge is -2.25. The van der Waals surface area contributed by atoms with E-state index >= 15 is 0 Å². The van der Waals surface area contributed by atoms with E-state index in [9.17, 15) is 29.4 Å². The van der Waals surface area contributed by atoms with Gasteiger partial charge in [-0.1, -0.05) is 26.0 Å². The number of rotatable bonds is 17. The maximum atomic E-state index is 13.3. The number of phenolic OH excluding ortho intramolecular Hbond substituents is 1. The smallest absolute Gasteiger partial charge is 0.326 e. The van der Waals surface area contributed by atoms with Crippen molar-refractivity contribution in [1.29, 1.82) is 0 Å². The number of benzene rings is 1. The number of carbonyl (C=O) groups excluding carboxylic acids is 3. The maximum absolute atomic E-state index is 13.3. The number of thioether (sulfide) groups is 2. The van der Waals surface area contributed by atoms with E-state index in [4.69, 9.17) is 5.73 Å². The van der Waals surface area contributed by atoms with Crippen LogP contribution in [0, 0.1) is 5.92 Å². The Hall–Kier alpha value is -2.44. The summed E-state index contributed by atoms with van der Waals surface area (Å²) in [5, 5.41) is 27.0. The van der Waals surface area contributed by atoms with Crippen molar-refractivity contribution in [3.8, 4) is 5.75 Å². The average molecular weight is 557 g/mol. The number of carboxylic acids is 1. The number of amides is 3. The highest BCUT2D eigenvalue weighted by Gasteiger charge is 2.30. The first kappa shape index (κ1) is 32.6. The van der Waals surface area contributed by atoms with Gasteiger partial charge in [-0.25, -0.2) is 4.79 Å². The summed E-state index contributed by atoms with van der Waals surface area (Å²) in [5.41, 5.74) is 6.64. The number of hydrogen-bond acceptors (Lipinski definition) is 8. The number of carboxylic acid groups (broad SMARTS) is 1. The van der Waals surface area contributed by atoms with Crippen LogP contribution in [0.5, 0.6) is 5.75 Å². The molecule has 0 heterocycles. The van der Waals surface area contributed by atoms with Gasteiger partial charge in [0.1, 0.15) is 23.9 Å². The molecule has 3 amide bonds. The molecule has 4 unspecified atom stereocenters. The molecule has 0 bridgehead atoms. The molecule has 208 valence electrons. The lowest BCUT2D eigenvalue weighted by molar-refractivity contribution is -0.142. The molecule has 7 N–H and O–H groups in total. The van der Waals surface area contributed by atoms with E-state index in [0.29, 0.717) is 29.9 Å². The molecule has 10 nitrogen and oxygen atoms in total. The highest BCUT2D eigenvalue weighted by atomic mass is 32.2. The maximum Gasteiger partial charge on any atom is 0.326 e. The van der Waals surface area contributed by atoms with Crippen molar-refractivity contribution in [2.75, 3.05) is 24.0 Å². The van der Waals surface area contributed by atoms with Crippen molar-refractivity contribution < 1.29 is 29.4 Å². The molecule has 12 heteroatoms. The number of aromatic hydroxyl groups is 1. The van der Waals surface area contributed by atoms with E-state index in [1.165, 1.54) is 35.7 Å². The SMILES string of the molecule is CSCCC(NC(=O)C(Cc1ccc(O)cc1)NC(=O)C(CCSC)NC(=O)C(N)CC(C)C)C(=O)O. The summed E-state index contributed by atoms with van der Waals surface area (Å²) in [6.45, 7) is 3.89. The van der Waals surface area contributed by atoms with Gasteiger partial charge in [0.15, 0.2) is 0 Å². The summed E-state index contributed by atoms with van der Waals surface area (Å²) < 4.78 is 0. The van der Waals surface area contributed by atoms with E-state index in [0.717, 1.165) is 0 Å². The Labute approximate surface area is 227 Å². The Kier molecular flexibility index (Phi) is 15.1. The van der Waals surface area contributed by atoms with Gasteiger partial charge in [-0.15, -0.1) is 0 Å². The first-order valence-electron chi connectivity index (χ1n) is 12.1. The number of aliphatic carboxylic acids is 1. The average Bonchev–Trinajstić information content (AvgIpc) is 2.84. The van der Waals surface area contributed by atoms with Crippen molar-refractivity contribution in [3.63, 3.8) is 0 Å². The fraction of sp³-hybridized carbons (Fsp3) is 0.600. The number of nitrogens with one attached hydrogen (secondary N) is 3. The van der Waals surface area contributed by atoms with Gasteiger partial charge in [-0.2, -0.15) is 23.5 Å². The quantitative estimate of drug-likeness (QED) is 0.166. The van der Waals surface area contributed by atoms with Gasteiger partial charge in [-0.3, -0.25) is 14.4 Å². The van der Waals surface area contributed by atoms with Gasteiger partial charge < -0.3 is 31.9 Å². The van der Waals surface area contributed by atoms with Crippen LogP contribution < -0.4 is 21.7 Å². The van der Waals surface area contributed by atoms with Crippen LogP contribution in [0.2, 0.25) is 0 Å². The molecule has 0 aliphatic carbocycles. The zero-order valence-electron chi connectivity index (χ0n) is 21.9. The Morgan fingerprint density at radius 1 is 0.838 bits per heavy atom. The third kappa shape index (κ3) is 12.6. The zero-order valence-corrected chi connectivity index (χ0v) is 23.5. The molecular formula is C25H40N4O6S2. The third-order valence-electron chi connectivity index (χ3n) is 5.54. The van der Waals surface area contributed by atoms with Crippen molar-refractivity contribution in [3.05, 3.63) is 29.8 Å². The summed E-state index contributed by atoms with van der Waals surface area (Å²) in [4.78, 5) is 50.7. The van der Waals surface area contributed by atoms with Gasteiger partial charge in [0, 0.05) is 6.42 Å². The van der Waals surface area contributed by atoms with Crippen LogP contribution in [-0.2, 0) is 25.6 Å². The summed E-state index contributed by atoms with van der Waals surface area (Å²) in [6, 6.07) is 2.24. The Balaban J connectivity index is 3.11. The van der Waals surface area contributed by atoms with Gasteiger partial charge in [0.25, 0.3) is 0 Å². The number of carbonyl (C=O) groups is 4. The van der Waals surface area contributed by atoms with E-state index in [2.05, 4.69) is 16.0 Å². The Morgan fingerprint density at radius 2 is 1.32 bits per heavy atom. The lowest BCUT2D eigenvalue weighted by Crippen LogP contribution is -2.57. The lowest BCUT2D eigenvalue weighted by atomic mass is 10.0. The fourth-order valence-corrected chi connectivity index (χ4v) is 4.46. The van der Waals surface area contributed by atoms with Crippen molar-refractivity contribution in [1.82, 2.24) is 16.0 Å². The minimum Gasteiger partial charge on any atom is -0.508 e. The minimum atomic E-state index is -1.17. The van der Waals surface area contributed by atoms with Crippen LogP contribution >= 0.6 is 23.5 Å². The van der Waals surface area contributed by atoms with Crippen LogP contribution in [0.4, 0.5) is 0 Å². The van der Waals surface area contributed by atoms with Crippen LogP contribution in [0.25, 0.3) is 0 Å². The zero-order chi connectivity index (χ0) is 28.0. The predicted octanol–water partition coefficient (Wildman–Crippen LogP) is 1.35. The molecule has 1 aromatic rings. The van der Waals surface area contributed by atoms with E-state index < -0.39 is 47.9 Å². The van der Waals surface area contributed by atoms with Crippen molar-refractivity contribution in [2.45, 2.75) is 63.7 Å². The summed E-state index contributed by atoms with van der Waals surface area (Å²) in [6.07, 6.45) is 4.78. The molecule has 0 aliphatic rings. The second kappa shape index (κ2) is 17.1. The van der Waals surface area contributed by atoms with Crippen molar-refractivity contribution >= 4 is 47.2 Å². The monoisotopic (exact) mass is 556 g/mol. The second-order valence-corrected chi connectivity index (χ2v) is 11.2. The summed E-state index contributed by atoms with van der Waals surface area (Å²) in [7, 11) is 0. The van der Waals surface area contributed by atoms with E-state index in [1.54, 1.807) is 12.1 Å². The fourth-order valence-electron chi connectivity index (χ4n) is 3.51. The third-order valence-corrected chi connectivity index (χ3v) is 6.83. The number of hydrogen-bond donors (Lipinski definition) is 6. The van der Waals surface area contributed by atoms with E-state index in [1.807, 2.05) is 26.4 Å². The minimum absolute atomic E-state index is 0.0503. The van der Waals surface area contributed by atoms with Gasteiger partial charge >= 0.3 is 5.97 Å². The highest BCUT2D eigenvalue weighted by molar-refractivity contribution is 7.98. The Bertz CT molecular complexity index is 884. The molecule has 37 heavy (non-hydrogen) atoms. The first-order valence-corrected chi connectivity index (χ1v) is 14.9. The molecule has 0 aromatic heterocycles. The molecule has 1 rings (SSSR count). The van der Waals surface area contributed by atoms with E-state index in [-0.39, 0.29) is 24.5 Å². The molecule has 0 saturated carbocycles. The summed E-state index contributed by atoms with van der Waals surface area (Å²) in [5.74, 6) is -1.46. The molecule has 0 saturated heterocycles. The largest absolute Gasteiger partial charge is 0.508 e. The molecule has 0 spiro atoms.